The number of hydrogen-bond acceptors (Lipinski definition) is 6. The maximum atomic E-state index is 12.8. The highest BCUT2D eigenvalue weighted by molar-refractivity contribution is 7.87. The van der Waals surface area contributed by atoms with Crippen LogP contribution in [0.5, 0.6) is 0 Å². The average molecular weight is 501 g/mol. The highest BCUT2D eigenvalue weighted by Gasteiger charge is 2.90. The Morgan fingerprint density at radius 2 is 0.824 bits per heavy atom. The summed E-state index contributed by atoms with van der Waals surface area (Å²) >= 11 is 0. The first-order valence-electron chi connectivity index (χ1n) is 12.1. The zero-order valence-corrected chi connectivity index (χ0v) is 20.7. The average Bonchev–Trinajstić information content (AvgIpc) is 2.78. The van der Waals surface area contributed by atoms with Crippen LogP contribution in [0.3, 0.4) is 0 Å². The Labute approximate surface area is 200 Å². The summed E-state index contributed by atoms with van der Waals surface area (Å²) in [5, 5.41) is 0. The van der Waals surface area contributed by atoms with E-state index >= 15 is 0 Å². The third-order valence-corrected chi connectivity index (χ3v) is 12.5. The second-order valence-electron chi connectivity index (χ2n) is 11.0. The molecule has 2 bridgehead atoms. The molecular weight excluding hydrogens is 472 g/mol. The fourth-order valence-corrected chi connectivity index (χ4v) is 10.5. The molecule has 0 N–H and O–H groups in total. The highest BCUT2D eigenvalue weighted by atomic mass is 32.2. The minimum absolute atomic E-state index is 0.0124. The van der Waals surface area contributed by atoms with Gasteiger partial charge >= 0.3 is 0 Å². The van der Waals surface area contributed by atoms with E-state index < -0.39 is 20.2 Å². The quantitative estimate of drug-likeness (QED) is 0.515. The third kappa shape index (κ3) is 2.68. The summed E-state index contributed by atoms with van der Waals surface area (Å²) < 4.78 is 62.6. The van der Waals surface area contributed by atoms with Crippen LogP contribution in [0.4, 0.5) is 0 Å². The van der Waals surface area contributed by atoms with Gasteiger partial charge in [0.25, 0.3) is 20.2 Å². The van der Waals surface area contributed by atoms with Gasteiger partial charge in [0.05, 0.1) is 23.0 Å². The molecule has 0 saturated heterocycles. The monoisotopic (exact) mass is 500 g/mol. The van der Waals surface area contributed by atoms with Crippen molar-refractivity contribution in [3.8, 4) is 0 Å². The van der Waals surface area contributed by atoms with Crippen LogP contribution in [0.1, 0.15) is 11.1 Å². The Hall–Kier alpha value is -1.74. The molecule has 34 heavy (non-hydrogen) atoms. The zero-order valence-electron chi connectivity index (χ0n) is 19.1. The van der Waals surface area contributed by atoms with Crippen molar-refractivity contribution in [3.63, 3.8) is 0 Å². The summed E-state index contributed by atoms with van der Waals surface area (Å²) in [5.74, 6) is 5.33. The molecular formula is C26H28O6S2. The second kappa shape index (κ2) is 6.93. The van der Waals surface area contributed by atoms with Crippen molar-refractivity contribution < 1.29 is 25.2 Å². The van der Waals surface area contributed by atoms with Crippen molar-refractivity contribution in [2.75, 3.05) is 13.2 Å². The lowest BCUT2D eigenvalue weighted by molar-refractivity contribution is -0.487. The lowest BCUT2D eigenvalue weighted by Gasteiger charge is -2.95. The molecule has 10 atom stereocenters. The van der Waals surface area contributed by atoms with E-state index in [1.54, 1.807) is 48.5 Å². The molecule has 8 heteroatoms. The maximum Gasteiger partial charge on any atom is 0.296 e. The molecule has 6 nitrogen and oxygen atoms in total. The van der Waals surface area contributed by atoms with Gasteiger partial charge in [0.15, 0.2) is 0 Å². The van der Waals surface area contributed by atoms with Gasteiger partial charge in [0.1, 0.15) is 0 Å². The van der Waals surface area contributed by atoms with Gasteiger partial charge in [-0.3, -0.25) is 8.37 Å². The summed E-state index contributed by atoms with van der Waals surface area (Å²) in [6, 6.07) is 13.3. The molecule has 6 aliphatic carbocycles. The van der Waals surface area contributed by atoms with E-state index in [2.05, 4.69) is 0 Å². The molecule has 6 aliphatic rings. The van der Waals surface area contributed by atoms with Gasteiger partial charge < -0.3 is 0 Å². The van der Waals surface area contributed by atoms with E-state index in [9.17, 15) is 16.8 Å². The Balaban J connectivity index is 1.11. The molecule has 8 rings (SSSR count). The number of benzene rings is 2. The molecule has 4 unspecified atom stereocenters. The Bertz CT molecular complexity index is 1240. The number of rotatable bonds is 8. The van der Waals surface area contributed by atoms with Crippen LogP contribution in [0.2, 0.25) is 0 Å². The van der Waals surface area contributed by atoms with Crippen molar-refractivity contribution in [3.05, 3.63) is 59.7 Å². The van der Waals surface area contributed by atoms with E-state index in [4.69, 9.17) is 8.37 Å². The van der Waals surface area contributed by atoms with Crippen LogP contribution >= 0.6 is 0 Å². The Morgan fingerprint density at radius 1 is 0.529 bits per heavy atom. The summed E-state index contributed by atoms with van der Waals surface area (Å²) in [6.07, 6.45) is 0. The van der Waals surface area contributed by atoms with Gasteiger partial charge in [-0.25, -0.2) is 0 Å². The fourth-order valence-electron chi connectivity index (χ4n) is 8.61. The topological polar surface area (TPSA) is 86.7 Å². The smallest absolute Gasteiger partial charge is 0.266 e. The van der Waals surface area contributed by atoms with E-state index in [1.165, 1.54) is 0 Å². The molecule has 0 heterocycles. The summed E-state index contributed by atoms with van der Waals surface area (Å²) in [4.78, 5) is 0.318. The molecule has 0 spiro atoms. The lowest BCUT2D eigenvalue weighted by Crippen LogP contribution is -2.92. The van der Waals surface area contributed by atoms with Crippen LogP contribution in [-0.2, 0) is 28.6 Å². The molecule has 180 valence electrons. The maximum absolute atomic E-state index is 12.8. The van der Waals surface area contributed by atoms with Crippen LogP contribution in [0.15, 0.2) is 58.3 Å². The molecule has 0 aliphatic heterocycles. The van der Waals surface area contributed by atoms with Crippen molar-refractivity contribution in [1.82, 2.24) is 0 Å². The molecule has 6 saturated carbocycles. The van der Waals surface area contributed by atoms with Crippen LogP contribution < -0.4 is 0 Å². The normalized spacial score (nSPS) is 40.4. The van der Waals surface area contributed by atoms with Gasteiger partial charge in [-0.15, -0.1) is 0 Å². The first-order valence-corrected chi connectivity index (χ1v) is 14.9. The molecule has 0 amide bonds. The number of aryl methyl sites for hydroxylation is 2. The van der Waals surface area contributed by atoms with Crippen molar-refractivity contribution in [2.45, 2.75) is 23.6 Å². The lowest BCUT2D eigenvalue weighted by atomic mass is 9.09. The van der Waals surface area contributed by atoms with Gasteiger partial charge in [-0.1, -0.05) is 35.4 Å². The predicted molar refractivity (Wildman–Crippen MR) is 124 cm³/mol. The van der Waals surface area contributed by atoms with Gasteiger partial charge in [-0.05, 0) is 97.3 Å². The summed E-state index contributed by atoms with van der Waals surface area (Å²) in [6.45, 7) is 4.01. The van der Waals surface area contributed by atoms with Crippen LogP contribution in [0.25, 0.3) is 0 Å². The molecule has 2 aromatic carbocycles. The largest absolute Gasteiger partial charge is 0.296 e. The summed E-state index contributed by atoms with van der Waals surface area (Å²) in [7, 11) is -7.73. The highest BCUT2D eigenvalue weighted by Crippen LogP contribution is 2.93. The Morgan fingerprint density at radius 3 is 1.15 bits per heavy atom. The molecule has 2 aromatic rings. The minimum Gasteiger partial charge on any atom is -0.266 e. The SMILES string of the molecule is Cc1ccc(S(=O)(=O)OC[C@@H]2C3[C@H]4C5C6[C@@H]4C([C@@H]6[C@@H]53)[C@@H]2COS(=O)(=O)c2ccc(C)cc2)cc1. The third-order valence-electron chi connectivity index (χ3n) is 9.88. The number of hydrogen-bond donors (Lipinski definition) is 0. The van der Waals surface area contributed by atoms with Gasteiger partial charge in [-0.2, -0.15) is 16.8 Å². The summed E-state index contributed by atoms with van der Waals surface area (Å²) in [5.41, 5.74) is 1.97. The van der Waals surface area contributed by atoms with Gasteiger partial charge in [0.2, 0.25) is 0 Å². The Kier molecular flexibility index (Phi) is 4.39. The van der Waals surface area contributed by atoms with E-state index in [1.807, 2.05) is 13.8 Å². The fraction of sp³-hybridized carbons (Fsp3) is 0.538. The molecule has 0 aromatic heterocycles. The van der Waals surface area contributed by atoms with E-state index in [0.717, 1.165) is 23.0 Å². The van der Waals surface area contributed by atoms with E-state index in [0.29, 0.717) is 35.5 Å². The van der Waals surface area contributed by atoms with Crippen LogP contribution in [0, 0.1) is 73.0 Å². The van der Waals surface area contributed by atoms with Crippen molar-refractivity contribution in [1.29, 1.82) is 0 Å². The standard InChI is InChI=1S/C26H28O6S2/c1-13-3-7-15(8-4-13)33(27,28)31-11-17-18(12-32-34(29,30)16-9-5-14(2)6-10-16)20-23-21-19(17)22-24(20)26(23)25(21)22/h3-10,17-26H,11-12H2,1-2H3/t17-,18+,19?,20?,21-,22-,23-,24+,25?,26?/m1/s1. The second-order valence-corrected chi connectivity index (χ2v) is 14.3. The van der Waals surface area contributed by atoms with E-state index in [-0.39, 0.29) is 34.8 Å². The first-order chi connectivity index (χ1) is 16.2. The van der Waals surface area contributed by atoms with Crippen LogP contribution in [-0.4, -0.2) is 30.0 Å². The van der Waals surface area contributed by atoms with Crippen molar-refractivity contribution in [2.24, 2.45) is 59.2 Å². The zero-order chi connectivity index (χ0) is 23.6. The molecule has 0 radical (unpaired) electrons. The van der Waals surface area contributed by atoms with Gasteiger partial charge in [0, 0.05) is 0 Å². The molecule has 6 fully saturated rings. The number of fused-ring (bicyclic) bond motifs is 1. The van der Waals surface area contributed by atoms with Crippen molar-refractivity contribution >= 4 is 20.2 Å². The predicted octanol–water partition coefficient (Wildman–Crippen LogP) is 3.64. The first kappa shape index (κ1) is 21.5. The minimum atomic E-state index is -3.87.